The van der Waals surface area contributed by atoms with Crippen LogP contribution in [0.25, 0.3) is 0 Å². The Hall–Kier alpha value is -0.900. The van der Waals surface area contributed by atoms with Crippen LogP contribution in [0.1, 0.15) is 6.42 Å². The Morgan fingerprint density at radius 2 is 2.45 bits per heavy atom. The molecule has 1 aliphatic carbocycles. The predicted octanol–water partition coefficient (Wildman–Crippen LogP) is 0.292. The topological polar surface area (TPSA) is 53.4 Å². The number of hydroxylamine groups is 2. The molecule has 1 fully saturated rings. The Bertz CT molecular complexity index is 181. The van der Waals surface area contributed by atoms with Crippen molar-refractivity contribution in [2.45, 2.75) is 6.42 Å². The van der Waals surface area contributed by atoms with Gasteiger partial charge in [0.1, 0.15) is 0 Å². The first-order valence-corrected chi connectivity index (χ1v) is 3.53. The quantitative estimate of drug-likeness (QED) is 0.471. The zero-order valence-electron chi connectivity index (χ0n) is 6.70. The normalized spacial score (nSPS) is 27.8. The fourth-order valence-corrected chi connectivity index (χ4v) is 1.01. The molecule has 0 spiro atoms. The smallest absolute Gasteiger partial charge is 0.249 e. The molecule has 4 heteroatoms. The first-order valence-electron chi connectivity index (χ1n) is 3.53. The van der Waals surface area contributed by atoms with Crippen LogP contribution in [0.15, 0.2) is 0 Å². The number of hydrogen-bond acceptors (Lipinski definition) is 3. The molecule has 1 amide bonds. The third kappa shape index (κ3) is 1.57. The fraction of sp³-hybridized carbons (Fsp3) is 0.714. The summed E-state index contributed by atoms with van der Waals surface area (Å²) in [5, 5.41) is 8.12. The van der Waals surface area contributed by atoms with Gasteiger partial charge < -0.3 is 5.41 Å². The molecule has 4 nitrogen and oxygen atoms in total. The summed E-state index contributed by atoms with van der Waals surface area (Å²) in [6, 6.07) is 0. The minimum atomic E-state index is -0.0269. The molecule has 0 aromatic rings. The molecule has 11 heavy (non-hydrogen) atoms. The van der Waals surface area contributed by atoms with Crippen LogP contribution in [0.5, 0.6) is 0 Å². The van der Waals surface area contributed by atoms with Gasteiger partial charge in [-0.15, -0.1) is 0 Å². The molecule has 0 aliphatic heterocycles. The molecular formula is C7H12N2O2. The largest absolute Gasteiger partial charge is 0.313 e. The Labute approximate surface area is 65.6 Å². The van der Waals surface area contributed by atoms with Crippen LogP contribution >= 0.6 is 0 Å². The van der Waals surface area contributed by atoms with E-state index in [1.54, 1.807) is 7.05 Å². The summed E-state index contributed by atoms with van der Waals surface area (Å²) in [7, 11) is 3.04. The van der Waals surface area contributed by atoms with E-state index in [4.69, 9.17) is 10.2 Å². The number of hydrogen-bond donors (Lipinski definition) is 1. The molecule has 0 bridgehead atoms. The van der Waals surface area contributed by atoms with Crippen LogP contribution in [0.4, 0.5) is 0 Å². The Kier molecular flexibility index (Phi) is 2.24. The van der Waals surface area contributed by atoms with Crippen molar-refractivity contribution >= 4 is 12.1 Å². The van der Waals surface area contributed by atoms with Crippen molar-refractivity contribution in [2.24, 2.45) is 11.8 Å². The first-order chi connectivity index (χ1) is 5.20. The van der Waals surface area contributed by atoms with Crippen molar-refractivity contribution < 1.29 is 9.63 Å². The van der Waals surface area contributed by atoms with Gasteiger partial charge in [0.25, 0.3) is 0 Å². The van der Waals surface area contributed by atoms with Gasteiger partial charge in [0.2, 0.25) is 5.91 Å². The predicted molar refractivity (Wildman–Crippen MR) is 40.2 cm³/mol. The summed E-state index contributed by atoms with van der Waals surface area (Å²) in [6.45, 7) is 0. The number of rotatable bonds is 3. The van der Waals surface area contributed by atoms with Gasteiger partial charge in [0.05, 0.1) is 7.11 Å². The molecule has 0 heterocycles. The van der Waals surface area contributed by atoms with E-state index >= 15 is 0 Å². The van der Waals surface area contributed by atoms with Gasteiger partial charge in [-0.1, -0.05) is 0 Å². The lowest BCUT2D eigenvalue weighted by atomic mass is 10.3. The van der Waals surface area contributed by atoms with E-state index in [9.17, 15) is 4.79 Å². The van der Waals surface area contributed by atoms with Crippen molar-refractivity contribution in [3.8, 4) is 0 Å². The highest BCUT2D eigenvalue weighted by Crippen LogP contribution is 2.37. The maximum absolute atomic E-state index is 11.2. The zero-order chi connectivity index (χ0) is 8.43. The maximum atomic E-state index is 11.2. The number of amides is 1. The van der Waals surface area contributed by atoms with Gasteiger partial charge in [-0.05, 0) is 12.6 Å². The second kappa shape index (κ2) is 3.00. The van der Waals surface area contributed by atoms with Gasteiger partial charge in [-0.3, -0.25) is 9.63 Å². The average molecular weight is 156 g/mol. The highest BCUT2D eigenvalue weighted by atomic mass is 16.7. The van der Waals surface area contributed by atoms with E-state index in [1.807, 2.05) is 0 Å². The molecule has 2 unspecified atom stereocenters. The third-order valence-electron chi connectivity index (χ3n) is 1.96. The minimum Gasteiger partial charge on any atom is -0.313 e. The molecule has 1 rings (SSSR count). The Morgan fingerprint density at radius 1 is 1.82 bits per heavy atom. The van der Waals surface area contributed by atoms with Gasteiger partial charge in [-0.25, -0.2) is 5.06 Å². The molecule has 0 radical (unpaired) electrons. The van der Waals surface area contributed by atoms with Crippen LogP contribution in [0, 0.1) is 17.2 Å². The van der Waals surface area contributed by atoms with Crippen molar-refractivity contribution in [3.63, 3.8) is 0 Å². The average Bonchev–Trinajstić information content (AvgIpc) is 2.80. The summed E-state index contributed by atoms with van der Waals surface area (Å²) < 4.78 is 0. The Morgan fingerprint density at radius 3 is 2.82 bits per heavy atom. The van der Waals surface area contributed by atoms with Gasteiger partial charge in [0, 0.05) is 18.9 Å². The summed E-state index contributed by atoms with van der Waals surface area (Å²) in [6.07, 6.45) is 2.13. The second-order valence-corrected chi connectivity index (χ2v) is 2.69. The minimum absolute atomic E-state index is 0.00236. The van der Waals surface area contributed by atoms with E-state index in [-0.39, 0.29) is 17.7 Å². The van der Waals surface area contributed by atoms with Crippen LogP contribution < -0.4 is 0 Å². The van der Waals surface area contributed by atoms with Crippen LogP contribution in [0.3, 0.4) is 0 Å². The van der Waals surface area contributed by atoms with Crippen molar-refractivity contribution in [3.05, 3.63) is 0 Å². The lowest BCUT2D eigenvalue weighted by Gasteiger charge is -2.12. The SMILES string of the molecule is CON(C)C(=O)C1CC1C=N. The summed E-state index contributed by atoms with van der Waals surface area (Å²) >= 11 is 0. The molecule has 1 saturated carbocycles. The van der Waals surface area contributed by atoms with Gasteiger partial charge in [-0.2, -0.15) is 0 Å². The molecular weight excluding hydrogens is 144 g/mol. The molecule has 1 aliphatic rings. The molecule has 0 aromatic heterocycles. The zero-order valence-corrected chi connectivity index (χ0v) is 6.70. The van der Waals surface area contributed by atoms with Crippen LogP contribution in [0.2, 0.25) is 0 Å². The van der Waals surface area contributed by atoms with E-state index in [0.717, 1.165) is 6.42 Å². The number of nitrogens with zero attached hydrogens (tertiary/aromatic N) is 1. The standard InChI is InChI=1S/C7H12N2O2/c1-9(11-2)7(10)6-3-5(6)4-8/h4-6,8H,3H2,1-2H3. The Balaban J connectivity index is 2.38. The van der Waals surface area contributed by atoms with Crippen molar-refractivity contribution in [2.75, 3.05) is 14.2 Å². The number of carbonyl (C=O) groups is 1. The van der Waals surface area contributed by atoms with Crippen LogP contribution in [-0.2, 0) is 9.63 Å². The van der Waals surface area contributed by atoms with Crippen LogP contribution in [-0.4, -0.2) is 31.3 Å². The maximum Gasteiger partial charge on any atom is 0.249 e. The fourth-order valence-electron chi connectivity index (χ4n) is 1.01. The first kappa shape index (κ1) is 8.20. The highest BCUT2D eigenvalue weighted by molar-refractivity contribution is 5.85. The summed E-state index contributed by atoms with van der Waals surface area (Å²) in [5.41, 5.74) is 0. The van der Waals surface area contributed by atoms with E-state index < -0.39 is 0 Å². The third-order valence-corrected chi connectivity index (χ3v) is 1.96. The molecule has 0 aromatic carbocycles. The monoisotopic (exact) mass is 156 g/mol. The summed E-state index contributed by atoms with van der Waals surface area (Å²) in [5.74, 6) is 0.124. The molecule has 1 N–H and O–H groups in total. The van der Waals surface area contributed by atoms with Gasteiger partial charge >= 0.3 is 0 Å². The van der Waals surface area contributed by atoms with Crippen molar-refractivity contribution in [1.82, 2.24) is 5.06 Å². The van der Waals surface area contributed by atoms with E-state index in [0.29, 0.717) is 0 Å². The lowest BCUT2D eigenvalue weighted by molar-refractivity contribution is -0.170. The lowest BCUT2D eigenvalue weighted by Crippen LogP contribution is -2.27. The number of nitrogens with one attached hydrogen (secondary N) is 1. The highest BCUT2D eigenvalue weighted by Gasteiger charge is 2.43. The van der Waals surface area contributed by atoms with E-state index in [1.165, 1.54) is 18.4 Å². The molecule has 62 valence electrons. The second-order valence-electron chi connectivity index (χ2n) is 2.69. The van der Waals surface area contributed by atoms with Crippen molar-refractivity contribution in [1.29, 1.82) is 5.41 Å². The summed E-state index contributed by atoms with van der Waals surface area (Å²) in [4.78, 5) is 15.9. The molecule has 2 atom stereocenters. The van der Waals surface area contributed by atoms with E-state index in [2.05, 4.69) is 0 Å². The number of carbonyl (C=O) groups excluding carboxylic acids is 1. The molecule has 0 saturated heterocycles. The van der Waals surface area contributed by atoms with Gasteiger partial charge in [0.15, 0.2) is 0 Å².